The van der Waals surface area contributed by atoms with Crippen LogP contribution < -0.4 is 0 Å². The molecule has 0 spiro atoms. The monoisotopic (exact) mass is 504 g/mol. The molecule has 1 aliphatic rings. The fourth-order valence-corrected chi connectivity index (χ4v) is 1.42. The number of carbonyl (C=O) groups excluding carboxylic acids is 1. The minimum Gasteiger partial charge on any atom is -0.461 e. The number of ether oxygens (including phenoxy) is 2. The van der Waals surface area contributed by atoms with Crippen LogP contribution in [-0.4, -0.2) is 26.3 Å². The minimum absolute atomic E-state index is 0. The van der Waals surface area contributed by atoms with Crippen LogP contribution in [0.5, 0.6) is 0 Å². The molecule has 0 fully saturated rings. The number of unbranched alkanes of at least 4 members (excludes halogenated alkanes) is 2. The van der Waals surface area contributed by atoms with Crippen molar-refractivity contribution in [2.45, 2.75) is 33.1 Å². The molecule has 0 aliphatic heterocycles. The first-order valence-electron chi connectivity index (χ1n) is 6.84. The molecule has 0 amide bonds. The van der Waals surface area contributed by atoms with Crippen molar-refractivity contribution in [3.63, 3.8) is 0 Å². The molecule has 0 saturated heterocycles. The van der Waals surface area contributed by atoms with Crippen molar-refractivity contribution in [3.05, 3.63) is 37.1 Å². The van der Waals surface area contributed by atoms with E-state index in [1.54, 1.807) is 13.2 Å². The molecule has 3 nitrogen and oxygen atoms in total. The Hall–Kier alpha value is -0.168. The number of rotatable bonds is 6. The average Bonchev–Trinajstić information content (AvgIpc) is 2.40. The summed E-state index contributed by atoms with van der Waals surface area (Å²) >= 11 is 0. The van der Waals surface area contributed by atoms with Crippen LogP contribution in [-0.2, 0) is 14.3 Å². The maximum absolute atomic E-state index is 11.4. The first kappa shape index (κ1) is 22.1. The fraction of sp³-hybridized carbons (Fsp3) is 0.562. The number of allylic oxidation sites excluding steroid dienone is 2. The summed E-state index contributed by atoms with van der Waals surface area (Å²) in [4.78, 5) is 11.4. The van der Waals surface area contributed by atoms with Crippen molar-refractivity contribution in [1.29, 1.82) is 0 Å². The number of esters is 1. The molecule has 1 aliphatic carbocycles. The van der Waals surface area contributed by atoms with E-state index >= 15 is 0 Å². The van der Waals surface area contributed by atoms with Crippen molar-refractivity contribution in [2.75, 3.05) is 20.3 Å². The van der Waals surface area contributed by atoms with Gasteiger partial charge in [0, 0.05) is 7.11 Å². The van der Waals surface area contributed by atoms with Crippen molar-refractivity contribution >= 4 is 5.97 Å². The van der Waals surface area contributed by atoms with Gasteiger partial charge in [-0.15, -0.1) is 0 Å². The van der Waals surface area contributed by atoms with Gasteiger partial charge in [0.25, 0.3) is 0 Å². The van der Waals surface area contributed by atoms with E-state index in [9.17, 15) is 4.79 Å². The second kappa shape index (κ2) is 15.2. The van der Waals surface area contributed by atoms with Crippen LogP contribution in [0.2, 0.25) is 0 Å². The predicted molar refractivity (Wildman–Crippen MR) is 78.4 cm³/mol. The van der Waals surface area contributed by atoms with E-state index in [2.05, 4.69) is 13.8 Å². The Morgan fingerprint density at radius 2 is 2.15 bits per heavy atom. The van der Waals surface area contributed by atoms with Gasteiger partial charge in [0.1, 0.15) is 6.61 Å². The maximum atomic E-state index is 11.4. The van der Waals surface area contributed by atoms with Gasteiger partial charge in [-0.25, -0.2) is 17.3 Å². The van der Waals surface area contributed by atoms with Gasteiger partial charge in [0.05, 0.1) is 6.61 Å². The summed E-state index contributed by atoms with van der Waals surface area (Å²) in [6, 6.07) is 0. The largest absolute Gasteiger partial charge is 2.00 e. The quantitative estimate of drug-likeness (QED) is 0.316. The summed E-state index contributed by atoms with van der Waals surface area (Å²) in [6.07, 6.45) is 11.2. The van der Waals surface area contributed by atoms with Gasteiger partial charge in [-0.3, -0.25) is 0 Å². The molecular formula is C16H26O3U. The summed E-state index contributed by atoms with van der Waals surface area (Å²) < 4.78 is 9.75. The summed E-state index contributed by atoms with van der Waals surface area (Å²) in [5.74, 6) is 0.0169. The molecule has 0 N–H and O–H groups in total. The van der Waals surface area contributed by atoms with Gasteiger partial charge < -0.3 is 16.4 Å². The molecule has 1 rings (SSSR count). The molecule has 0 radical (unpaired) electrons. The molecule has 0 aromatic carbocycles. The van der Waals surface area contributed by atoms with Crippen LogP contribution in [0.4, 0.5) is 0 Å². The first-order valence-corrected chi connectivity index (χ1v) is 6.84. The van der Waals surface area contributed by atoms with Crippen LogP contribution in [0, 0.1) is 50.4 Å². The van der Waals surface area contributed by atoms with Crippen molar-refractivity contribution < 1.29 is 45.4 Å². The summed E-state index contributed by atoms with van der Waals surface area (Å²) in [5.41, 5.74) is 0.621. The molecular weight excluding hydrogens is 478 g/mol. The zero-order valence-electron chi connectivity index (χ0n) is 12.9. The van der Waals surface area contributed by atoms with Crippen LogP contribution in [0.1, 0.15) is 33.1 Å². The maximum Gasteiger partial charge on any atom is 2.00 e. The molecule has 0 aromatic heterocycles. The molecule has 0 saturated carbocycles. The molecule has 1 unspecified atom stereocenters. The molecule has 0 bridgehead atoms. The standard InChI is InChI=1S/C11H15O3.C5H11.U/c1-9-4-3-5-10(8-9)11(12)14-7-6-13-2;1-3-5-4-2;/h3-5,8-9H,6-7H2,1-2H3;1,3-5H2,2H3;/q2*-1;+2. The number of hydrogen-bond acceptors (Lipinski definition) is 3. The predicted octanol–water partition coefficient (Wildman–Crippen LogP) is 3.52. The van der Waals surface area contributed by atoms with Crippen LogP contribution in [0.25, 0.3) is 0 Å². The smallest absolute Gasteiger partial charge is 0.461 e. The van der Waals surface area contributed by atoms with Crippen LogP contribution in [0.3, 0.4) is 0 Å². The Morgan fingerprint density at radius 1 is 1.45 bits per heavy atom. The number of methoxy groups -OCH3 is 1. The van der Waals surface area contributed by atoms with Crippen molar-refractivity contribution in [3.8, 4) is 0 Å². The third kappa shape index (κ3) is 11.6. The summed E-state index contributed by atoms with van der Waals surface area (Å²) in [5, 5.41) is 0. The number of hydrogen-bond donors (Lipinski definition) is 0. The van der Waals surface area contributed by atoms with E-state index in [1.807, 2.05) is 25.5 Å². The Morgan fingerprint density at radius 3 is 2.60 bits per heavy atom. The van der Waals surface area contributed by atoms with Crippen molar-refractivity contribution in [2.24, 2.45) is 5.92 Å². The third-order valence-electron chi connectivity index (χ3n) is 2.49. The van der Waals surface area contributed by atoms with E-state index in [4.69, 9.17) is 9.47 Å². The molecule has 20 heavy (non-hydrogen) atoms. The number of carbonyl (C=O) groups is 1. The second-order valence-electron chi connectivity index (χ2n) is 4.37. The Balaban J connectivity index is 0. The second-order valence-corrected chi connectivity index (χ2v) is 4.37. The van der Waals surface area contributed by atoms with Gasteiger partial charge in [0.2, 0.25) is 0 Å². The van der Waals surface area contributed by atoms with Gasteiger partial charge in [-0.2, -0.15) is 12.5 Å². The van der Waals surface area contributed by atoms with Crippen LogP contribution in [0.15, 0.2) is 23.8 Å². The van der Waals surface area contributed by atoms with E-state index in [0.29, 0.717) is 24.7 Å². The van der Waals surface area contributed by atoms with E-state index in [1.165, 1.54) is 12.8 Å². The summed E-state index contributed by atoms with van der Waals surface area (Å²) in [6.45, 7) is 8.61. The van der Waals surface area contributed by atoms with Crippen molar-refractivity contribution in [1.82, 2.24) is 0 Å². The van der Waals surface area contributed by atoms with E-state index in [0.717, 1.165) is 6.42 Å². The normalized spacial score (nSPS) is 16.0. The Labute approximate surface area is 147 Å². The van der Waals surface area contributed by atoms with E-state index in [-0.39, 0.29) is 37.1 Å². The van der Waals surface area contributed by atoms with Gasteiger partial charge in [-0.05, 0) is 5.57 Å². The third-order valence-corrected chi connectivity index (χ3v) is 2.49. The Kier molecular flexibility index (Phi) is 16.8. The molecule has 0 aromatic rings. The van der Waals surface area contributed by atoms with Gasteiger partial charge in [-0.1, -0.05) is 38.7 Å². The van der Waals surface area contributed by atoms with Gasteiger partial charge in [0.15, 0.2) is 0 Å². The minimum atomic E-state index is -0.279. The van der Waals surface area contributed by atoms with E-state index < -0.39 is 0 Å². The average molecular weight is 504 g/mol. The Bertz CT molecular complexity index is 296. The first-order chi connectivity index (χ1) is 9.15. The zero-order chi connectivity index (χ0) is 14.5. The van der Waals surface area contributed by atoms with Crippen LogP contribution >= 0.6 is 0 Å². The molecule has 4 heteroatoms. The SMILES string of the molecule is COCCOC(=O)C1=CC(C)[CH-]C=C1.[CH2-]CCCC.[U+2]. The zero-order valence-corrected chi connectivity index (χ0v) is 17.0. The summed E-state index contributed by atoms with van der Waals surface area (Å²) in [7, 11) is 1.57. The molecule has 1 atom stereocenters. The fourth-order valence-electron chi connectivity index (χ4n) is 1.42. The molecule has 0 heterocycles. The molecule has 112 valence electrons. The topological polar surface area (TPSA) is 35.5 Å². The van der Waals surface area contributed by atoms with Gasteiger partial charge >= 0.3 is 37.1 Å².